The Kier molecular flexibility index (Phi) is 5.38. The van der Waals surface area contributed by atoms with Crippen LogP contribution < -0.4 is 0 Å². The van der Waals surface area contributed by atoms with E-state index >= 15 is 0 Å². The van der Waals surface area contributed by atoms with E-state index in [1.54, 1.807) is 18.4 Å². The first-order valence-electron chi connectivity index (χ1n) is 5.80. The highest BCUT2D eigenvalue weighted by Crippen LogP contribution is 2.35. The number of hydrogen-bond donors (Lipinski definition) is 0. The number of methoxy groups -OCH3 is 1. The molecule has 4 heteroatoms. The standard InChI is InChI=1S/C12H21NO2S/c1-5-12(6-2,15-7-3)11-13-10(8-14-4)9-16-11/h9H,5-8H2,1-4H3. The molecule has 0 spiro atoms. The van der Waals surface area contributed by atoms with E-state index in [9.17, 15) is 0 Å². The normalized spacial score (nSPS) is 12.0. The molecule has 0 unspecified atom stereocenters. The molecule has 0 amide bonds. The van der Waals surface area contributed by atoms with Crippen LogP contribution in [0.5, 0.6) is 0 Å². The van der Waals surface area contributed by atoms with E-state index in [-0.39, 0.29) is 5.60 Å². The van der Waals surface area contributed by atoms with Crippen LogP contribution in [0, 0.1) is 0 Å². The van der Waals surface area contributed by atoms with Crippen molar-refractivity contribution in [3.8, 4) is 0 Å². The lowest BCUT2D eigenvalue weighted by atomic mass is 9.98. The SMILES string of the molecule is CCOC(CC)(CC)c1nc(COC)cs1. The van der Waals surface area contributed by atoms with Gasteiger partial charge >= 0.3 is 0 Å². The number of rotatable bonds is 7. The van der Waals surface area contributed by atoms with Crippen molar-refractivity contribution >= 4 is 11.3 Å². The molecule has 3 nitrogen and oxygen atoms in total. The second-order valence-electron chi connectivity index (χ2n) is 3.71. The highest BCUT2D eigenvalue weighted by Gasteiger charge is 2.32. The van der Waals surface area contributed by atoms with Gasteiger partial charge < -0.3 is 9.47 Å². The second kappa shape index (κ2) is 6.33. The molecule has 16 heavy (non-hydrogen) atoms. The average molecular weight is 243 g/mol. The van der Waals surface area contributed by atoms with Crippen LogP contribution in [0.3, 0.4) is 0 Å². The van der Waals surface area contributed by atoms with Gasteiger partial charge in [-0.2, -0.15) is 0 Å². The van der Waals surface area contributed by atoms with Crippen molar-refractivity contribution in [3.63, 3.8) is 0 Å². The zero-order valence-corrected chi connectivity index (χ0v) is 11.4. The largest absolute Gasteiger partial charge is 0.378 e. The summed E-state index contributed by atoms with van der Waals surface area (Å²) in [5.41, 5.74) is 0.791. The third-order valence-electron chi connectivity index (χ3n) is 2.80. The fourth-order valence-electron chi connectivity index (χ4n) is 1.83. The molecule has 92 valence electrons. The molecule has 0 aromatic carbocycles. The molecule has 0 saturated carbocycles. The monoisotopic (exact) mass is 243 g/mol. The minimum absolute atomic E-state index is 0.203. The Hall–Kier alpha value is -0.450. The van der Waals surface area contributed by atoms with E-state index < -0.39 is 0 Å². The lowest BCUT2D eigenvalue weighted by Gasteiger charge is -2.29. The predicted molar refractivity (Wildman–Crippen MR) is 66.7 cm³/mol. The van der Waals surface area contributed by atoms with Crippen LogP contribution in [0.1, 0.15) is 44.3 Å². The average Bonchev–Trinajstić information content (AvgIpc) is 2.76. The van der Waals surface area contributed by atoms with Gasteiger partial charge in [0.25, 0.3) is 0 Å². The van der Waals surface area contributed by atoms with Gasteiger partial charge in [0.15, 0.2) is 0 Å². The smallest absolute Gasteiger partial charge is 0.125 e. The summed E-state index contributed by atoms with van der Waals surface area (Å²) in [6.07, 6.45) is 1.91. The topological polar surface area (TPSA) is 31.4 Å². The summed E-state index contributed by atoms with van der Waals surface area (Å²) in [5, 5.41) is 3.13. The van der Waals surface area contributed by atoms with E-state index in [0.29, 0.717) is 6.61 Å². The van der Waals surface area contributed by atoms with E-state index in [1.165, 1.54) is 0 Å². The Labute approximate surface area is 102 Å². The summed E-state index contributed by atoms with van der Waals surface area (Å²) in [6, 6.07) is 0. The van der Waals surface area contributed by atoms with Crippen LogP contribution in [0.15, 0.2) is 5.38 Å². The maximum atomic E-state index is 5.91. The highest BCUT2D eigenvalue weighted by molar-refractivity contribution is 7.09. The molecule has 0 fully saturated rings. The van der Waals surface area contributed by atoms with Gasteiger partial charge in [-0.05, 0) is 19.8 Å². The summed E-state index contributed by atoms with van der Waals surface area (Å²) >= 11 is 1.67. The van der Waals surface area contributed by atoms with E-state index in [1.807, 2.05) is 6.92 Å². The summed E-state index contributed by atoms with van der Waals surface area (Å²) in [5.74, 6) is 0. The van der Waals surface area contributed by atoms with Gasteiger partial charge in [-0.3, -0.25) is 0 Å². The Bertz CT molecular complexity index is 308. The first-order valence-corrected chi connectivity index (χ1v) is 6.68. The van der Waals surface area contributed by atoms with E-state index in [4.69, 9.17) is 9.47 Å². The molecule has 1 aromatic rings. The van der Waals surface area contributed by atoms with Gasteiger partial charge in [-0.25, -0.2) is 4.98 Å². The minimum Gasteiger partial charge on any atom is -0.378 e. The van der Waals surface area contributed by atoms with Crippen molar-refractivity contribution in [1.29, 1.82) is 0 Å². The molecule has 1 rings (SSSR count). The number of ether oxygens (including phenoxy) is 2. The Balaban J connectivity index is 2.91. The molecular formula is C12H21NO2S. The maximum absolute atomic E-state index is 5.91. The van der Waals surface area contributed by atoms with Crippen LogP contribution in [-0.4, -0.2) is 18.7 Å². The number of hydrogen-bond acceptors (Lipinski definition) is 4. The second-order valence-corrected chi connectivity index (χ2v) is 4.57. The van der Waals surface area contributed by atoms with E-state index in [2.05, 4.69) is 24.2 Å². The molecule has 0 radical (unpaired) electrons. The molecule has 0 aliphatic heterocycles. The zero-order chi connectivity index (χ0) is 12.0. The van der Waals surface area contributed by atoms with Crippen LogP contribution in [-0.2, 0) is 21.7 Å². The fraction of sp³-hybridized carbons (Fsp3) is 0.750. The van der Waals surface area contributed by atoms with Crippen molar-refractivity contribution in [2.45, 2.75) is 45.8 Å². The van der Waals surface area contributed by atoms with Gasteiger partial charge in [0, 0.05) is 19.1 Å². The Morgan fingerprint density at radius 3 is 2.50 bits per heavy atom. The first-order chi connectivity index (χ1) is 7.72. The molecule has 0 bridgehead atoms. The maximum Gasteiger partial charge on any atom is 0.125 e. The van der Waals surface area contributed by atoms with Crippen LogP contribution in [0.4, 0.5) is 0 Å². The van der Waals surface area contributed by atoms with Gasteiger partial charge in [-0.1, -0.05) is 13.8 Å². The number of nitrogens with zero attached hydrogens (tertiary/aromatic N) is 1. The molecule has 0 N–H and O–H groups in total. The van der Waals surface area contributed by atoms with Crippen LogP contribution in [0.2, 0.25) is 0 Å². The minimum atomic E-state index is -0.203. The lowest BCUT2D eigenvalue weighted by molar-refractivity contribution is -0.0508. The summed E-state index contributed by atoms with van der Waals surface area (Å²) in [6.45, 7) is 7.63. The molecular weight excluding hydrogens is 222 g/mol. The molecule has 1 heterocycles. The van der Waals surface area contributed by atoms with Crippen molar-refractivity contribution in [2.24, 2.45) is 0 Å². The summed E-state index contributed by atoms with van der Waals surface area (Å²) in [4.78, 5) is 4.60. The number of aromatic nitrogens is 1. The van der Waals surface area contributed by atoms with Crippen LogP contribution >= 0.6 is 11.3 Å². The molecule has 0 saturated heterocycles. The number of thiazole rings is 1. The third kappa shape index (κ3) is 2.81. The summed E-state index contributed by atoms with van der Waals surface area (Å²) < 4.78 is 11.0. The quantitative estimate of drug-likeness (QED) is 0.736. The summed E-state index contributed by atoms with van der Waals surface area (Å²) in [7, 11) is 1.69. The van der Waals surface area contributed by atoms with Crippen LogP contribution in [0.25, 0.3) is 0 Å². The van der Waals surface area contributed by atoms with Crippen molar-refractivity contribution in [2.75, 3.05) is 13.7 Å². The van der Waals surface area contributed by atoms with Gasteiger partial charge in [0.1, 0.15) is 10.6 Å². The molecule has 1 aromatic heterocycles. The lowest BCUT2D eigenvalue weighted by Crippen LogP contribution is -2.28. The Morgan fingerprint density at radius 1 is 1.31 bits per heavy atom. The molecule has 0 aliphatic rings. The Morgan fingerprint density at radius 2 is 2.00 bits per heavy atom. The fourth-order valence-corrected chi connectivity index (χ4v) is 2.93. The predicted octanol–water partition coefficient (Wildman–Crippen LogP) is 3.34. The first kappa shape index (κ1) is 13.6. The highest BCUT2D eigenvalue weighted by atomic mass is 32.1. The zero-order valence-electron chi connectivity index (χ0n) is 10.6. The van der Waals surface area contributed by atoms with Gasteiger partial charge in [-0.15, -0.1) is 11.3 Å². The third-order valence-corrected chi connectivity index (χ3v) is 3.87. The molecule has 0 aliphatic carbocycles. The molecule has 0 atom stereocenters. The van der Waals surface area contributed by atoms with Gasteiger partial charge in [0.2, 0.25) is 0 Å². The van der Waals surface area contributed by atoms with E-state index in [0.717, 1.165) is 30.2 Å². The van der Waals surface area contributed by atoms with Crippen molar-refractivity contribution in [1.82, 2.24) is 4.98 Å². The van der Waals surface area contributed by atoms with Crippen molar-refractivity contribution in [3.05, 3.63) is 16.1 Å². The van der Waals surface area contributed by atoms with Crippen molar-refractivity contribution < 1.29 is 9.47 Å². The van der Waals surface area contributed by atoms with Gasteiger partial charge in [0.05, 0.1) is 12.3 Å².